The van der Waals surface area contributed by atoms with Gasteiger partial charge in [0.1, 0.15) is 16.3 Å². The Labute approximate surface area is 104 Å². The fourth-order valence-electron chi connectivity index (χ4n) is 1.17. The van der Waals surface area contributed by atoms with Crippen molar-refractivity contribution >= 4 is 21.6 Å². The molecule has 1 amide bonds. The summed E-state index contributed by atoms with van der Waals surface area (Å²) < 4.78 is 39.3. The number of amides is 1. The third-order valence-electron chi connectivity index (χ3n) is 2.25. The highest BCUT2D eigenvalue weighted by Gasteiger charge is 2.32. The minimum Gasteiger partial charge on any atom is -0.399 e. The number of nitrogens with two attached hydrogens (primary N) is 2. The molecule has 18 heavy (non-hydrogen) atoms. The second kappa shape index (κ2) is 4.54. The standard InChI is InChI=1S/C10H14FN3O3S/c1-10(2,9(13)15)14-18(16,17)8-5-6(12)3-4-7(8)11/h3-5,14H,12H2,1-2H3,(H2,13,15). The highest BCUT2D eigenvalue weighted by atomic mass is 32.2. The van der Waals surface area contributed by atoms with E-state index in [1.54, 1.807) is 0 Å². The van der Waals surface area contributed by atoms with E-state index >= 15 is 0 Å². The maximum absolute atomic E-state index is 13.5. The lowest BCUT2D eigenvalue weighted by molar-refractivity contribution is -0.122. The first-order valence-corrected chi connectivity index (χ1v) is 6.43. The first kappa shape index (κ1) is 14.4. The van der Waals surface area contributed by atoms with Crippen molar-refractivity contribution in [1.29, 1.82) is 0 Å². The second-order valence-electron chi connectivity index (χ2n) is 4.28. The Kier molecular flexibility index (Phi) is 3.63. The van der Waals surface area contributed by atoms with Crippen LogP contribution in [0, 0.1) is 5.82 Å². The smallest absolute Gasteiger partial charge is 0.244 e. The highest BCUT2D eigenvalue weighted by molar-refractivity contribution is 7.89. The molecule has 1 aromatic carbocycles. The molecule has 1 rings (SSSR count). The molecule has 0 aromatic heterocycles. The number of anilines is 1. The van der Waals surface area contributed by atoms with Gasteiger partial charge in [-0.1, -0.05) is 0 Å². The molecule has 100 valence electrons. The molecule has 5 N–H and O–H groups in total. The minimum absolute atomic E-state index is 0.0913. The summed E-state index contributed by atoms with van der Waals surface area (Å²) in [5.74, 6) is -1.84. The van der Waals surface area contributed by atoms with Gasteiger partial charge in [0.2, 0.25) is 15.9 Å². The van der Waals surface area contributed by atoms with Gasteiger partial charge in [0.05, 0.1) is 0 Å². The number of hydrogen-bond acceptors (Lipinski definition) is 4. The molecule has 0 saturated carbocycles. The van der Waals surface area contributed by atoms with Crippen LogP contribution in [0.15, 0.2) is 23.1 Å². The van der Waals surface area contributed by atoms with Crippen LogP contribution in [0.2, 0.25) is 0 Å². The van der Waals surface area contributed by atoms with Gasteiger partial charge in [-0.3, -0.25) is 4.79 Å². The zero-order valence-electron chi connectivity index (χ0n) is 9.90. The zero-order chi connectivity index (χ0) is 14.1. The number of hydrogen-bond donors (Lipinski definition) is 3. The van der Waals surface area contributed by atoms with Crippen molar-refractivity contribution in [3.8, 4) is 0 Å². The summed E-state index contributed by atoms with van der Waals surface area (Å²) in [6.45, 7) is 2.55. The summed E-state index contributed by atoms with van der Waals surface area (Å²) in [7, 11) is -4.22. The van der Waals surface area contributed by atoms with Crippen molar-refractivity contribution in [2.45, 2.75) is 24.3 Å². The summed E-state index contributed by atoms with van der Waals surface area (Å²) in [5, 5.41) is 0. The summed E-state index contributed by atoms with van der Waals surface area (Å²) in [6, 6.07) is 3.13. The van der Waals surface area contributed by atoms with Crippen LogP contribution >= 0.6 is 0 Å². The molecule has 0 saturated heterocycles. The molecule has 0 bridgehead atoms. The summed E-state index contributed by atoms with van der Waals surface area (Å²) in [6.07, 6.45) is 0. The lowest BCUT2D eigenvalue weighted by Gasteiger charge is -2.22. The van der Waals surface area contributed by atoms with Gasteiger partial charge in [-0.15, -0.1) is 0 Å². The van der Waals surface area contributed by atoms with Gasteiger partial charge in [-0.2, -0.15) is 4.72 Å². The lowest BCUT2D eigenvalue weighted by Crippen LogP contribution is -2.52. The van der Waals surface area contributed by atoms with Gasteiger partial charge < -0.3 is 11.5 Å². The maximum atomic E-state index is 13.5. The van der Waals surface area contributed by atoms with E-state index in [2.05, 4.69) is 0 Å². The molecule has 0 aliphatic rings. The number of primary amides is 1. The molecular formula is C10H14FN3O3S. The van der Waals surface area contributed by atoms with Crippen LogP contribution in [0.5, 0.6) is 0 Å². The minimum atomic E-state index is -4.22. The molecule has 1 aromatic rings. The third kappa shape index (κ3) is 2.96. The van der Waals surface area contributed by atoms with Crippen LogP contribution in [0.4, 0.5) is 10.1 Å². The molecule has 0 aliphatic heterocycles. The number of carbonyl (C=O) groups is 1. The van der Waals surface area contributed by atoms with Crippen LogP contribution < -0.4 is 16.2 Å². The first-order valence-electron chi connectivity index (χ1n) is 4.95. The number of halogens is 1. The number of benzene rings is 1. The summed E-state index contributed by atoms with van der Waals surface area (Å²) in [4.78, 5) is 10.4. The third-order valence-corrected chi connectivity index (χ3v) is 3.92. The van der Waals surface area contributed by atoms with Crippen molar-refractivity contribution in [3.05, 3.63) is 24.0 Å². The van der Waals surface area contributed by atoms with Crippen LogP contribution in [0.3, 0.4) is 0 Å². The SMILES string of the molecule is CC(C)(NS(=O)(=O)c1cc(N)ccc1F)C(N)=O. The maximum Gasteiger partial charge on any atom is 0.244 e. The topological polar surface area (TPSA) is 115 Å². The van der Waals surface area contributed by atoms with Gasteiger partial charge in [-0.25, -0.2) is 12.8 Å². The van der Waals surface area contributed by atoms with Crippen molar-refractivity contribution in [3.63, 3.8) is 0 Å². The molecule has 8 heteroatoms. The zero-order valence-corrected chi connectivity index (χ0v) is 10.7. The second-order valence-corrected chi connectivity index (χ2v) is 5.94. The van der Waals surface area contributed by atoms with Crippen LogP contribution in [-0.2, 0) is 14.8 Å². The van der Waals surface area contributed by atoms with Crippen LogP contribution in [0.25, 0.3) is 0 Å². The fraction of sp³-hybridized carbons (Fsp3) is 0.300. The van der Waals surface area contributed by atoms with E-state index in [9.17, 15) is 17.6 Å². The summed E-state index contributed by atoms with van der Waals surface area (Å²) >= 11 is 0. The van der Waals surface area contributed by atoms with E-state index in [1.165, 1.54) is 19.9 Å². The molecule has 0 unspecified atom stereocenters. The first-order chi connectivity index (χ1) is 8.06. The quantitative estimate of drug-likeness (QED) is 0.668. The average Bonchev–Trinajstić information content (AvgIpc) is 2.19. The number of nitrogen functional groups attached to an aromatic ring is 1. The van der Waals surface area contributed by atoms with Gasteiger partial charge in [0.25, 0.3) is 0 Å². The van der Waals surface area contributed by atoms with Crippen molar-refractivity contribution in [1.82, 2.24) is 4.72 Å². The Bertz CT molecular complexity index is 584. The molecule has 0 heterocycles. The Morgan fingerprint density at radius 2 is 1.94 bits per heavy atom. The van der Waals surface area contributed by atoms with Gasteiger partial charge >= 0.3 is 0 Å². The van der Waals surface area contributed by atoms with Crippen molar-refractivity contribution in [2.24, 2.45) is 5.73 Å². The lowest BCUT2D eigenvalue weighted by atomic mass is 10.1. The highest BCUT2D eigenvalue weighted by Crippen LogP contribution is 2.19. The Morgan fingerprint density at radius 3 is 2.44 bits per heavy atom. The van der Waals surface area contributed by atoms with Crippen LogP contribution in [-0.4, -0.2) is 19.9 Å². The van der Waals surface area contributed by atoms with Gasteiger partial charge in [-0.05, 0) is 32.0 Å². The number of carbonyl (C=O) groups excluding carboxylic acids is 1. The Hall–Kier alpha value is -1.67. The molecular weight excluding hydrogens is 261 g/mol. The van der Waals surface area contributed by atoms with E-state index in [0.29, 0.717) is 0 Å². The Morgan fingerprint density at radius 1 is 1.39 bits per heavy atom. The number of nitrogens with one attached hydrogen (secondary N) is 1. The van der Waals surface area contributed by atoms with Crippen molar-refractivity contribution < 1.29 is 17.6 Å². The van der Waals surface area contributed by atoms with E-state index in [0.717, 1.165) is 12.1 Å². The fourth-order valence-corrected chi connectivity index (χ4v) is 2.67. The average molecular weight is 275 g/mol. The van der Waals surface area contributed by atoms with E-state index in [1.807, 2.05) is 4.72 Å². The van der Waals surface area contributed by atoms with E-state index < -0.39 is 32.2 Å². The molecule has 0 aliphatic carbocycles. The monoisotopic (exact) mass is 275 g/mol. The largest absolute Gasteiger partial charge is 0.399 e. The predicted octanol–water partition coefficient (Wildman–Crippen LogP) is -0.0499. The van der Waals surface area contributed by atoms with Crippen LogP contribution in [0.1, 0.15) is 13.8 Å². The molecule has 0 fully saturated rings. The summed E-state index contributed by atoms with van der Waals surface area (Å²) in [5.41, 5.74) is 9.00. The van der Waals surface area contributed by atoms with Gasteiger partial charge in [0, 0.05) is 5.69 Å². The molecule has 0 radical (unpaired) electrons. The molecule has 0 spiro atoms. The van der Waals surface area contributed by atoms with E-state index in [-0.39, 0.29) is 5.69 Å². The normalized spacial score (nSPS) is 12.4. The number of rotatable bonds is 4. The molecule has 6 nitrogen and oxygen atoms in total. The predicted molar refractivity (Wildman–Crippen MR) is 64.4 cm³/mol. The molecule has 0 atom stereocenters. The van der Waals surface area contributed by atoms with Gasteiger partial charge in [0.15, 0.2) is 0 Å². The van der Waals surface area contributed by atoms with E-state index in [4.69, 9.17) is 11.5 Å². The van der Waals surface area contributed by atoms with Crippen molar-refractivity contribution in [2.75, 3.05) is 5.73 Å². The Balaban J connectivity index is 3.23. The number of sulfonamides is 1.